The van der Waals surface area contributed by atoms with E-state index in [4.69, 9.17) is 10.5 Å². The van der Waals surface area contributed by atoms with Crippen LogP contribution in [0.1, 0.15) is 63.5 Å². The van der Waals surface area contributed by atoms with Crippen molar-refractivity contribution in [2.75, 3.05) is 25.0 Å². The molecule has 1 aliphatic rings. The van der Waals surface area contributed by atoms with E-state index in [9.17, 15) is 14.4 Å². The number of piperidine rings is 1. The van der Waals surface area contributed by atoms with Gasteiger partial charge in [-0.15, -0.1) is 0 Å². The Balaban J connectivity index is 1.56. The minimum atomic E-state index is -1.19. The molecule has 43 heavy (non-hydrogen) atoms. The number of likely N-dealkylation sites (tertiary alicyclic amines) is 1. The maximum absolute atomic E-state index is 14.0. The first kappa shape index (κ1) is 31.9. The molecule has 230 valence electrons. The second-order valence-corrected chi connectivity index (χ2v) is 11.9. The fraction of sp³-hybridized carbons (Fsp3) is 0.455. The number of benzene rings is 2. The third kappa shape index (κ3) is 8.52. The molecule has 3 amide bonds. The number of ether oxygens (including phenoxy) is 1. The van der Waals surface area contributed by atoms with E-state index in [1.807, 2.05) is 77.1 Å². The predicted octanol–water partition coefficient (Wildman–Crippen LogP) is 3.67. The molecule has 2 aromatic carbocycles. The molecule has 0 bridgehead atoms. The third-order valence-corrected chi connectivity index (χ3v) is 7.70. The van der Waals surface area contributed by atoms with E-state index in [-0.39, 0.29) is 24.9 Å². The number of carbonyl (C=O) groups is 3. The van der Waals surface area contributed by atoms with Crippen LogP contribution in [0.2, 0.25) is 0 Å². The zero-order valence-electron chi connectivity index (χ0n) is 25.6. The van der Waals surface area contributed by atoms with Crippen LogP contribution in [0.5, 0.6) is 0 Å². The first-order valence-electron chi connectivity index (χ1n) is 15.0. The van der Waals surface area contributed by atoms with Crippen molar-refractivity contribution in [2.45, 2.75) is 71.2 Å². The Labute approximate surface area is 254 Å². The van der Waals surface area contributed by atoms with E-state index in [2.05, 4.69) is 22.5 Å². The highest BCUT2D eigenvalue weighted by Crippen LogP contribution is 2.27. The van der Waals surface area contributed by atoms with Crippen molar-refractivity contribution in [3.8, 4) is 0 Å². The Kier molecular flexibility index (Phi) is 10.7. The molecule has 1 unspecified atom stereocenters. The highest BCUT2D eigenvalue weighted by molar-refractivity contribution is 5.98. The van der Waals surface area contributed by atoms with Crippen LogP contribution in [-0.2, 0) is 32.1 Å². The number of carbonyl (C=O) groups excluding carboxylic acids is 3. The van der Waals surface area contributed by atoms with Crippen LogP contribution in [0.15, 0.2) is 66.9 Å². The average Bonchev–Trinajstić information content (AvgIpc) is 3.39. The lowest BCUT2D eigenvalue weighted by Crippen LogP contribution is -2.56. The lowest BCUT2D eigenvalue weighted by atomic mass is 9.97. The molecular formula is C33H44N6O4. The molecule has 10 heteroatoms. The van der Waals surface area contributed by atoms with Gasteiger partial charge >= 0.3 is 0 Å². The summed E-state index contributed by atoms with van der Waals surface area (Å²) in [7, 11) is 0. The first-order valence-corrected chi connectivity index (χ1v) is 15.0. The largest absolute Gasteiger partial charge is 0.374 e. The van der Waals surface area contributed by atoms with Crippen molar-refractivity contribution in [3.05, 3.63) is 83.8 Å². The van der Waals surface area contributed by atoms with Crippen LogP contribution in [0.4, 0.5) is 5.82 Å². The molecule has 0 saturated carbocycles. The van der Waals surface area contributed by atoms with E-state index < -0.39 is 29.4 Å². The van der Waals surface area contributed by atoms with Crippen molar-refractivity contribution < 1.29 is 19.1 Å². The topological polar surface area (TPSA) is 132 Å². The molecule has 2 atom stereocenters. The summed E-state index contributed by atoms with van der Waals surface area (Å²) in [4.78, 5) is 46.8. The van der Waals surface area contributed by atoms with Gasteiger partial charge in [-0.1, -0.05) is 74.5 Å². The standard InChI is InChI=1S/C33H44N6O4/c1-5-28-36-27(20-39(28)29(25-14-10-7-11-15-25)31(41)38-18-16-23(2)17-19-38)37-30(40)26(35-32(42)33(3,4)34)22-43-21-24-12-8-6-9-13-24/h6-15,20,23,26,29H,5,16-19,21-22,34H2,1-4H3,(H,35,42)(H,37,40)/t26-,29?/m1/s1. The number of hydrogen-bond donors (Lipinski definition) is 3. The average molecular weight is 589 g/mol. The molecule has 1 fully saturated rings. The second kappa shape index (κ2) is 14.4. The van der Waals surface area contributed by atoms with Gasteiger partial charge in [-0.2, -0.15) is 0 Å². The van der Waals surface area contributed by atoms with E-state index >= 15 is 0 Å². The number of aromatic nitrogens is 2. The molecule has 2 heterocycles. The van der Waals surface area contributed by atoms with Gasteiger partial charge in [-0.25, -0.2) is 4.98 Å². The van der Waals surface area contributed by atoms with Gasteiger partial charge in [0.05, 0.1) is 18.8 Å². The predicted molar refractivity (Wildman–Crippen MR) is 166 cm³/mol. The number of imidazole rings is 1. The molecule has 4 N–H and O–H groups in total. The number of anilines is 1. The summed E-state index contributed by atoms with van der Waals surface area (Å²) in [5.74, 6) is 0.569. The van der Waals surface area contributed by atoms with Gasteiger partial charge in [0.25, 0.3) is 5.91 Å². The number of nitrogens with one attached hydrogen (secondary N) is 2. The Morgan fingerprint density at radius 1 is 1.05 bits per heavy atom. The number of nitrogens with two attached hydrogens (primary N) is 1. The molecule has 0 aliphatic carbocycles. The second-order valence-electron chi connectivity index (χ2n) is 11.9. The maximum Gasteiger partial charge on any atom is 0.250 e. The van der Waals surface area contributed by atoms with Crippen LogP contribution in [0.25, 0.3) is 0 Å². The highest BCUT2D eigenvalue weighted by Gasteiger charge is 2.32. The van der Waals surface area contributed by atoms with E-state index in [0.717, 1.165) is 24.0 Å². The first-order chi connectivity index (χ1) is 20.6. The summed E-state index contributed by atoms with van der Waals surface area (Å²) < 4.78 is 7.67. The molecule has 0 spiro atoms. The van der Waals surface area contributed by atoms with E-state index in [1.165, 1.54) is 0 Å². The summed E-state index contributed by atoms with van der Waals surface area (Å²) in [6.07, 6.45) is 4.19. The summed E-state index contributed by atoms with van der Waals surface area (Å²) in [5.41, 5.74) is 6.59. The lowest BCUT2D eigenvalue weighted by molar-refractivity contribution is -0.135. The van der Waals surface area contributed by atoms with Gasteiger partial charge in [0.15, 0.2) is 5.82 Å². The molecule has 0 radical (unpaired) electrons. The fourth-order valence-electron chi connectivity index (χ4n) is 5.05. The van der Waals surface area contributed by atoms with Crippen molar-refractivity contribution >= 4 is 23.5 Å². The normalized spacial score (nSPS) is 15.5. The van der Waals surface area contributed by atoms with Crippen LogP contribution >= 0.6 is 0 Å². The molecule has 4 rings (SSSR count). The molecule has 1 aromatic heterocycles. The number of rotatable bonds is 12. The quantitative estimate of drug-likeness (QED) is 0.296. The zero-order chi connectivity index (χ0) is 31.0. The minimum Gasteiger partial charge on any atom is -0.374 e. The van der Waals surface area contributed by atoms with Crippen molar-refractivity contribution in [3.63, 3.8) is 0 Å². The molecule has 10 nitrogen and oxygen atoms in total. The Morgan fingerprint density at radius 2 is 1.67 bits per heavy atom. The Morgan fingerprint density at radius 3 is 2.28 bits per heavy atom. The molecular weight excluding hydrogens is 544 g/mol. The summed E-state index contributed by atoms with van der Waals surface area (Å²) in [6, 6.07) is 17.6. The van der Waals surface area contributed by atoms with Gasteiger partial charge in [0, 0.05) is 25.7 Å². The monoisotopic (exact) mass is 588 g/mol. The number of hydrogen-bond acceptors (Lipinski definition) is 6. The number of nitrogens with zero attached hydrogens (tertiary/aromatic N) is 3. The van der Waals surface area contributed by atoms with E-state index in [0.29, 0.717) is 31.3 Å². The minimum absolute atomic E-state index is 0.00713. The lowest BCUT2D eigenvalue weighted by Gasteiger charge is -2.34. The van der Waals surface area contributed by atoms with Gasteiger partial charge in [0.1, 0.15) is 17.9 Å². The summed E-state index contributed by atoms with van der Waals surface area (Å²) in [6.45, 7) is 8.95. The molecule has 1 saturated heterocycles. The van der Waals surface area contributed by atoms with Gasteiger partial charge < -0.3 is 30.6 Å². The number of amides is 3. The van der Waals surface area contributed by atoms with Gasteiger partial charge in [-0.3, -0.25) is 14.4 Å². The smallest absolute Gasteiger partial charge is 0.250 e. The van der Waals surface area contributed by atoms with Crippen molar-refractivity contribution in [2.24, 2.45) is 11.7 Å². The summed E-state index contributed by atoms with van der Waals surface area (Å²) >= 11 is 0. The van der Waals surface area contributed by atoms with Crippen molar-refractivity contribution in [1.82, 2.24) is 19.8 Å². The van der Waals surface area contributed by atoms with Crippen molar-refractivity contribution in [1.29, 1.82) is 0 Å². The summed E-state index contributed by atoms with van der Waals surface area (Å²) in [5, 5.41) is 5.56. The van der Waals surface area contributed by atoms with Gasteiger partial charge in [-0.05, 0) is 43.7 Å². The van der Waals surface area contributed by atoms with Crippen LogP contribution in [0, 0.1) is 5.92 Å². The Hall–Kier alpha value is -4.02. The third-order valence-electron chi connectivity index (χ3n) is 7.70. The maximum atomic E-state index is 14.0. The van der Waals surface area contributed by atoms with Gasteiger partial charge in [0.2, 0.25) is 11.8 Å². The van der Waals surface area contributed by atoms with Crippen LogP contribution in [0.3, 0.4) is 0 Å². The fourth-order valence-corrected chi connectivity index (χ4v) is 5.05. The van der Waals surface area contributed by atoms with Crippen LogP contribution in [-0.4, -0.2) is 63.4 Å². The SMILES string of the molecule is CCc1nc(NC(=O)[C@@H](COCc2ccccc2)NC(=O)C(C)(C)N)cn1C(C(=O)N1CCC(C)CC1)c1ccccc1. The zero-order valence-corrected chi connectivity index (χ0v) is 25.6. The molecule has 3 aromatic rings. The Bertz CT molecular complexity index is 1360. The molecule has 1 aliphatic heterocycles. The number of aryl methyl sites for hydroxylation is 1. The van der Waals surface area contributed by atoms with Crippen LogP contribution < -0.4 is 16.4 Å². The highest BCUT2D eigenvalue weighted by atomic mass is 16.5. The van der Waals surface area contributed by atoms with E-state index in [1.54, 1.807) is 20.0 Å².